The Morgan fingerprint density at radius 2 is 1.74 bits per heavy atom. The Morgan fingerprint density at radius 3 is 2.44 bits per heavy atom. The maximum Gasteiger partial charge on any atom is 0.312 e. The molecule has 5 nitrogen and oxygen atoms in total. The molecule has 138 valence electrons. The van der Waals surface area contributed by atoms with Crippen molar-refractivity contribution in [1.82, 2.24) is 0 Å². The maximum atomic E-state index is 13.2. The van der Waals surface area contributed by atoms with Crippen molar-refractivity contribution in [3.05, 3.63) is 64.3 Å². The lowest BCUT2D eigenvalue weighted by molar-refractivity contribution is -0.142. The van der Waals surface area contributed by atoms with Crippen LogP contribution in [-0.2, 0) is 14.3 Å². The molecule has 0 fully saturated rings. The minimum absolute atomic E-state index is 0.163. The lowest BCUT2D eigenvalue weighted by Crippen LogP contribution is -2.13. The Bertz CT molecular complexity index is 1100. The number of rotatable bonds is 4. The fraction of sp³-hybridized carbons (Fsp3) is 0.227. The number of ether oxygens (including phenoxy) is 2. The summed E-state index contributed by atoms with van der Waals surface area (Å²) in [5.41, 5.74) is 0.393. The summed E-state index contributed by atoms with van der Waals surface area (Å²) < 4.78 is 10.3. The highest BCUT2D eigenvalue weighted by Crippen LogP contribution is 2.30. The van der Waals surface area contributed by atoms with Gasteiger partial charge in [0.2, 0.25) is 0 Å². The van der Waals surface area contributed by atoms with E-state index >= 15 is 0 Å². The number of hydrogen-bond donors (Lipinski definition) is 0. The van der Waals surface area contributed by atoms with Crippen LogP contribution < -0.4 is 10.2 Å². The molecule has 0 aliphatic rings. The second-order valence-electron chi connectivity index (χ2n) is 6.31. The van der Waals surface area contributed by atoms with Crippen molar-refractivity contribution in [1.29, 1.82) is 0 Å². The van der Waals surface area contributed by atoms with E-state index in [1.807, 2.05) is 18.2 Å². The first-order valence-corrected chi connectivity index (χ1v) is 8.74. The predicted molar refractivity (Wildman–Crippen MR) is 104 cm³/mol. The Morgan fingerprint density at radius 1 is 1.04 bits per heavy atom. The van der Waals surface area contributed by atoms with Gasteiger partial charge in [-0.1, -0.05) is 43.3 Å². The monoisotopic (exact) mass is 364 g/mol. The van der Waals surface area contributed by atoms with E-state index in [2.05, 4.69) is 0 Å². The van der Waals surface area contributed by atoms with Gasteiger partial charge in [-0.05, 0) is 35.4 Å². The minimum atomic E-state index is -0.562. The molecular formula is C22H20O5. The maximum absolute atomic E-state index is 13.2. The standard InChI is InChI=1S/C22H20O5/c1-4-19(23)27-18-12-16(13(2)22(25)26-3)11-15-10-9-14-7-5-6-8-17(14)21(24)20(15)18/h5-13H,4H2,1-3H3. The summed E-state index contributed by atoms with van der Waals surface area (Å²) in [5, 5.41) is 2.24. The summed E-state index contributed by atoms with van der Waals surface area (Å²) in [7, 11) is 1.32. The topological polar surface area (TPSA) is 69.7 Å². The molecule has 0 amide bonds. The second kappa shape index (κ2) is 7.58. The van der Waals surface area contributed by atoms with Crippen LogP contribution in [0.25, 0.3) is 21.5 Å². The molecule has 0 saturated heterocycles. The molecule has 27 heavy (non-hydrogen) atoms. The fourth-order valence-corrected chi connectivity index (χ4v) is 3.04. The van der Waals surface area contributed by atoms with Gasteiger partial charge in [0.05, 0.1) is 18.4 Å². The molecule has 1 unspecified atom stereocenters. The zero-order valence-corrected chi connectivity index (χ0v) is 15.4. The first kappa shape index (κ1) is 18.6. The van der Waals surface area contributed by atoms with Crippen molar-refractivity contribution >= 4 is 33.5 Å². The van der Waals surface area contributed by atoms with Gasteiger partial charge in [-0.3, -0.25) is 14.4 Å². The predicted octanol–water partition coefficient (Wildman–Crippen LogP) is 3.95. The molecule has 3 aromatic rings. The van der Waals surface area contributed by atoms with Crippen LogP contribution in [0.3, 0.4) is 0 Å². The minimum Gasteiger partial charge on any atom is -0.469 e. The number of hydrogen-bond acceptors (Lipinski definition) is 5. The van der Waals surface area contributed by atoms with Gasteiger partial charge >= 0.3 is 11.9 Å². The fourth-order valence-electron chi connectivity index (χ4n) is 3.04. The molecule has 0 aliphatic heterocycles. The molecule has 0 N–H and O–H groups in total. The Hall–Kier alpha value is -3.21. The van der Waals surface area contributed by atoms with Gasteiger partial charge in [0.25, 0.3) is 0 Å². The van der Waals surface area contributed by atoms with Gasteiger partial charge in [0, 0.05) is 11.8 Å². The summed E-state index contributed by atoms with van der Waals surface area (Å²) >= 11 is 0. The van der Waals surface area contributed by atoms with E-state index in [0.29, 0.717) is 21.7 Å². The highest BCUT2D eigenvalue weighted by atomic mass is 16.5. The quantitative estimate of drug-likeness (QED) is 0.518. The van der Waals surface area contributed by atoms with E-state index in [1.165, 1.54) is 7.11 Å². The summed E-state index contributed by atoms with van der Waals surface area (Å²) in [6.07, 6.45) is 0.173. The summed E-state index contributed by atoms with van der Waals surface area (Å²) in [5.74, 6) is -1.26. The van der Waals surface area contributed by atoms with Gasteiger partial charge < -0.3 is 9.47 Å². The van der Waals surface area contributed by atoms with Crippen molar-refractivity contribution in [2.24, 2.45) is 0 Å². The van der Waals surface area contributed by atoms with Crippen LogP contribution in [0.4, 0.5) is 0 Å². The zero-order chi connectivity index (χ0) is 19.6. The molecule has 0 saturated carbocycles. The summed E-state index contributed by atoms with van der Waals surface area (Å²) in [6, 6.07) is 14.2. The normalized spacial score (nSPS) is 12.0. The molecule has 0 aromatic heterocycles. The Labute approximate surface area is 156 Å². The van der Waals surface area contributed by atoms with Crippen molar-refractivity contribution in [3.63, 3.8) is 0 Å². The van der Waals surface area contributed by atoms with Crippen molar-refractivity contribution in [2.75, 3.05) is 7.11 Å². The summed E-state index contributed by atoms with van der Waals surface area (Å²) in [6.45, 7) is 3.38. The third kappa shape index (κ3) is 3.53. The number of carbonyl (C=O) groups excluding carboxylic acids is 2. The molecule has 0 radical (unpaired) electrons. The van der Waals surface area contributed by atoms with Crippen LogP contribution in [0, 0.1) is 0 Å². The smallest absolute Gasteiger partial charge is 0.312 e. The van der Waals surface area contributed by atoms with Crippen LogP contribution in [0.15, 0.2) is 53.3 Å². The highest BCUT2D eigenvalue weighted by molar-refractivity contribution is 5.98. The second-order valence-corrected chi connectivity index (χ2v) is 6.31. The van der Waals surface area contributed by atoms with Crippen LogP contribution in [0.5, 0.6) is 5.75 Å². The third-order valence-corrected chi connectivity index (χ3v) is 4.60. The van der Waals surface area contributed by atoms with E-state index in [9.17, 15) is 14.4 Å². The van der Waals surface area contributed by atoms with Crippen LogP contribution in [0.1, 0.15) is 31.7 Å². The van der Waals surface area contributed by atoms with Gasteiger partial charge in [0.1, 0.15) is 5.75 Å². The molecule has 0 bridgehead atoms. The van der Waals surface area contributed by atoms with Gasteiger partial charge in [-0.2, -0.15) is 0 Å². The molecule has 3 aromatic carbocycles. The molecular weight excluding hydrogens is 344 g/mol. The largest absolute Gasteiger partial charge is 0.469 e. The molecule has 0 spiro atoms. The van der Waals surface area contributed by atoms with Crippen molar-refractivity contribution in [3.8, 4) is 5.75 Å². The van der Waals surface area contributed by atoms with Gasteiger partial charge in [-0.15, -0.1) is 0 Å². The lowest BCUT2D eigenvalue weighted by Gasteiger charge is -2.13. The lowest BCUT2D eigenvalue weighted by atomic mass is 9.97. The van der Waals surface area contributed by atoms with Crippen molar-refractivity contribution in [2.45, 2.75) is 26.2 Å². The number of esters is 2. The van der Waals surface area contributed by atoms with Crippen LogP contribution >= 0.6 is 0 Å². The SMILES string of the molecule is CCC(=O)Oc1cc(C(C)C(=O)OC)cc2ccc3ccccc3c(=O)c12. The van der Waals surface area contributed by atoms with E-state index in [0.717, 1.165) is 5.39 Å². The molecule has 5 heteroatoms. The first-order valence-electron chi connectivity index (χ1n) is 8.74. The average molecular weight is 364 g/mol. The third-order valence-electron chi connectivity index (χ3n) is 4.60. The van der Waals surface area contributed by atoms with Crippen LogP contribution in [-0.4, -0.2) is 19.0 Å². The number of benzene rings is 2. The zero-order valence-electron chi connectivity index (χ0n) is 15.4. The average Bonchev–Trinajstić information content (AvgIpc) is 2.83. The van der Waals surface area contributed by atoms with Crippen molar-refractivity contribution < 1.29 is 19.1 Å². The van der Waals surface area contributed by atoms with E-state index in [1.54, 1.807) is 44.2 Å². The van der Waals surface area contributed by atoms with E-state index in [-0.39, 0.29) is 17.6 Å². The molecule has 1 atom stereocenters. The number of carbonyl (C=O) groups is 2. The highest BCUT2D eigenvalue weighted by Gasteiger charge is 2.20. The summed E-state index contributed by atoms with van der Waals surface area (Å²) in [4.78, 5) is 37.1. The van der Waals surface area contributed by atoms with Gasteiger partial charge in [0.15, 0.2) is 5.43 Å². The molecule has 3 rings (SSSR count). The van der Waals surface area contributed by atoms with Gasteiger partial charge in [-0.25, -0.2) is 0 Å². The number of methoxy groups -OCH3 is 1. The first-order chi connectivity index (χ1) is 13.0. The molecule has 0 aliphatic carbocycles. The van der Waals surface area contributed by atoms with Crippen LogP contribution in [0.2, 0.25) is 0 Å². The Balaban J connectivity index is 2.39. The Kier molecular flexibility index (Phi) is 5.21. The number of fused-ring (bicyclic) bond motifs is 2. The molecule has 0 heterocycles. The van der Waals surface area contributed by atoms with E-state index < -0.39 is 17.9 Å². The van der Waals surface area contributed by atoms with E-state index in [4.69, 9.17) is 9.47 Å².